The molecule has 0 radical (unpaired) electrons. The Morgan fingerprint density at radius 1 is 0.895 bits per heavy atom. The van der Waals surface area contributed by atoms with Crippen molar-refractivity contribution in [2.45, 2.75) is 6.61 Å². The molecule has 0 atom stereocenters. The third kappa shape index (κ3) is 4.97. The molecule has 2 aromatic heterocycles. The summed E-state index contributed by atoms with van der Waals surface area (Å²) in [6.45, 7) is 0.485. The second-order valence-corrected chi connectivity index (χ2v) is 10.9. The van der Waals surface area contributed by atoms with Gasteiger partial charge in [-0.3, -0.25) is 4.79 Å². The maximum Gasteiger partial charge on any atom is 0.282 e. The Labute approximate surface area is 245 Å². The van der Waals surface area contributed by atoms with Crippen LogP contribution in [0.5, 0.6) is 5.75 Å². The molecule has 0 unspecified atom stereocenters. The summed E-state index contributed by atoms with van der Waals surface area (Å²) in [6, 6.07) is 30.8. The van der Waals surface area contributed by atoms with Gasteiger partial charge in [-0.1, -0.05) is 60.7 Å². The zero-order chi connectivity index (χ0) is 26.1. The van der Waals surface area contributed by atoms with Crippen molar-refractivity contribution >= 4 is 73.3 Å². The molecule has 0 saturated heterocycles. The first kappa shape index (κ1) is 24.8. The molecule has 0 fully saturated rings. The number of fused-ring (bicyclic) bond motifs is 2. The summed E-state index contributed by atoms with van der Waals surface area (Å²) in [5, 5.41) is 6.00. The Hall–Kier alpha value is -3.51. The largest absolute Gasteiger partial charge is 0.487 e. The smallest absolute Gasteiger partial charge is 0.282 e. The van der Waals surface area contributed by atoms with Crippen LogP contribution in [0.15, 0.2) is 111 Å². The minimum Gasteiger partial charge on any atom is -0.487 e. The van der Waals surface area contributed by atoms with E-state index in [1.807, 2.05) is 91.0 Å². The maximum absolute atomic E-state index is 13.5. The van der Waals surface area contributed by atoms with E-state index in [1.165, 1.54) is 4.68 Å². The van der Waals surface area contributed by atoms with Gasteiger partial charge >= 0.3 is 0 Å². The Morgan fingerprint density at radius 2 is 1.61 bits per heavy atom. The lowest BCUT2D eigenvalue weighted by molar-refractivity contribution is 0.302. The van der Waals surface area contributed by atoms with Gasteiger partial charge in [0.05, 0.1) is 24.3 Å². The van der Waals surface area contributed by atoms with Crippen LogP contribution in [0.2, 0.25) is 0 Å². The third-order valence-electron chi connectivity index (χ3n) is 5.97. The van der Waals surface area contributed by atoms with Crippen LogP contribution in [0.1, 0.15) is 11.1 Å². The lowest BCUT2D eigenvalue weighted by Gasteiger charge is -2.11. The highest BCUT2D eigenvalue weighted by Crippen LogP contribution is 2.30. The summed E-state index contributed by atoms with van der Waals surface area (Å²) in [5.41, 5.74) is 2.97. The van der Waals surface area contributed by atoms with Gasteiger partial charge < -0.3 is 9.15 Å². The minimum atomic E-state index is -0.269. The van der Waals surface area contributed by atoms with Crippen molar-refractivity contribution < 1.29 is 9.15 Å². The topological polar surface area (TPSA) is 69.6 Å². The standard InChI is InChI=1S/C30H19I2N3O3/c31-23-14-20(15-24(32)28(23)37-18-19-8-2-1-3-9-19)17-33-35-29(27-16-21-10-4-7-13-26(21)38-27)34-25-12-6-5-11-22(25)30(35)36/h1-17H,18H2. The number of rotatable bonds is 6. The average Bonchev–Trinajstić information content (AvgIpc) is 3.37. The number of furan rings is 1. The Balaban J connectivity index is 1.39. The Morgan fingerprint density at radius 3 is 2.39 bits per heavy atom. The molecule has 0 N–H and O–H groups in total. The molecule has 6 aromatic rings. The van der Waals surface area contributed by atoms with Crippen LogP contribution in [0.4, 0.5) is 0 Å². The fourth-order valence-electron chi connectivity index (χ4n) is 4.13. The zero-order valence-corrected chi connectivity index (χ0v) is 24.2. The number of nitrogens with zero attached hydrogens (tertiary/aromatic N) is 3. The van der Waals surface area contributed by atoms with Crippen LogP contribution in [0.25, 0.3) is 33.5 Å². The van der Waals surface area contributed by atoms with Gasteiger partial charge in [-0.25, -0.2) is 4.98 Å². The van der Waals surface area contributed by atoms with Crippen LogP contribution in [0, 0.1) is 7.14 Å². The van der Waals surface area contributed by atoms with E-state index in [0.29, 0.717) is 29.1 Å². The Bertz CT molecular complexity index is 1820. The van der Waals surface area contributed by atoms with E-state index in [2.05, 4.69) is 50.3 Å². The molecule has 6 nitrogen and oxygen atoms in total. The van der Waals surface area contributed by atoms with E-state index < -0.39 is 0 Å². The van der Waals surface area contributed by atoms with Crippen LogP contribution in [-0.4, -0.2) is 15.9 Å². The lowest BCUT2D eigenvalue weighted by Crippen LogP contribution is -2.20. The molecule has 2 heterocycles. The number of para-hydroxylation sites is 2. The minimum absolute atomic E-state index is 0.269. The molecular weight excluding hydrogens is 704 g/mol. The zero-order valence-electron chi connectivity index (χ0n) is 19.8. The predicted octanol–water partition coefficient (Wildman–Crippen LogP) is 7.48. The van der Waals surface area contributed by atoms with Crippen LogP contribution < -0.4 is 10.3 Å². The number of halogens is 2. The van der Waals surface area contributed by atoms with Gasteiger partial charge in [-0.15, -0.1) is 0 Å². The van der Waals surface area contributed by atoms with E-state index in [1.54, 1.807) is 12.3 Å². The van der Waals surface area contributed by atoms with Crippen LogP contribution in [0.3, 0.4) is 0 Å². The molecule has 38 heavy (non-hydrogen) atoms. The van der Waals surface area contributed by atoms with Gasteiger partial charge in [-0.2, -0.15) is 9.78 Å². The number of hydrogen-bond donors (Lipinski definition) is 0. The first-order chi connectivity index (χ1) is 18.6. The average molecular weight is 723 g/mol. The fourth-order valence-corrected chi connectivity index (χ4v) is 6.26. The predicted molar refractivity (Wildman–Crippen MR) is 167 cm³/mol. The van der Waals surface area contributed by atoms with E-state index in [-0.39, 0.29) is 5.56 Å². The summed E-state index contributed by atoms with van der Waals surface area (Å²) < 4.78 is 15.4. The van der Waals surface area contributed by atoms with Crippen molar-refractivity contribution in [3.8, 4) is 17.3 Å². The first-order valence-corrected chi connectivity index (χ1v) is 13.9. The van der Waals surface area contributed by atoms with E-state index >= 15 is 0 Å². The molecule has 0 saturated carbocycles. The molecule has 0 bridgehead atoms. The second-order valence-electron chi connectivity index (χ2n) is 8.55. The van der Waals surface area contributed by atoms with Crippen molar-refractivity contribution in [2.24, 2.45) is 5.10 Å². The van der Waals surface area contributed by atoms with Crippen LogP contribution >= 0.6 is 45.2 Å². The van der Waals surface area contributed by atoms with Crippen molar-refractivity contribution in [1.29, 1.82) is 0 Å². The molecule has 0 aliphatic rings. The van der Waals surface area contributed by atoms with E-state index in [0.717, 1.165) is 35.0 Å². The molecule has 0 aliphatic carbocycles. The molecule has 0 amide bonds. The van der Waals surface area contributed by atoms with Gasteiger partial charge in [0.1, 0.15) is 17.9 Å². The summed E-state index contributed by atoms with van der Waals surface area (Å²) >= 11 is 4.53. The summed E-state index contributed by atoms with van der Waals surface area (Å²) in [6.07, 6.45) is 1.66. The van der Waals surface area contributed by atoms with E-state index in [4.69, 9.17) is 14.1 Å². The first-order valence-electron chi connectivity index (χ1n) is 11.8. The highest BCUT2D eigenvalue weighted by atomic mass is 127. The Kier molecular flexibility index (Phi) is 6.98. The molecule has 186 valence electrons. The number of ether oxygens (including phenoxy) is 1. The molecule has 0 spiro atoms. The molecule has 4 aromatic carbocycles. The highest BCUT2D eigenvalue weighted by molar-refractivity contribution is 14.1. The molecule has 8 heteroatoms. The third-order valence-corrected chi connectivity index (χ3v) is 7.57. The van der Waals surface area contributed by atoms with Crippen molar-refractivity contribution in [3.05, 3.63) is 126 Å². The van der Waals surface area contributed by atoms with Gasteiger partial charge in [0, 0.05) is 5.39 Å². The normalized spacial score (nSPS) is 11.5. The molecule has 0 aliphatic heterocycles. The fraction of sp³-hybridized carbons (Fsp3) is 0.0333. The number of hydrogen-bond acceptors (Lipinski definition) is 5. The van der Waals surface area contributed by atoms with Gasteiger partial charge in [0.2, 0.25) is 5.82 Å². The van der Waals surface area contributed by atoms with Crippen molar-refractivity contribution in [3.63, 3.8) is 0 Å². The lowest BCUT2D eigenvalue weighted by atomic mass is 10.2. The quantitative estimate of drug-likeness (QED) is 0.132. The second kappa shape index (κ2) is 10.7. The van der Waals surface area contributed by atoms with Gasteiger partial charge in [0.15, 0.2) is 5.76 Å². The maximum atomic E-state index is 13.5. The summed E-state index contributed by atoms with van der Waals surface area (Å²) in [4.78, 5) is 18.3. The highest BCUT2D eigenvalue weighted by Gasteiger charge is 2.16. The van der Waals surface area contributed by atoms with Crippen molar-refractivity contribution in [2.75, 3.05) is 0 Å². The van der Waals surface area contributed by atoms with Crippen LogP contribution in [-0.2, 0) is 6.61 Å². The molecule has 6 rings (SSSR count). The number of aromatic nitrogens is 2. The molecular formula is C30H19I2N3O3. The summed E-state index contributed by atoms with van der Waals surface area (Å²) in [5.74, 6) is 1.63. The van der Waals surface area contributed by atoms with E-state index in [9.17, 15) is 4.79 Å². The van der Waals surface area contributed by atoms with Gasteiger partial charge in [0.25, 0.3) is 5.56 Å². The summed E-state index contributed by atoms with van der Waals surface area (Å²) in [7, 11) is 0. The number of benzene rings is 4. The SMILES string of the molecule is O=c1c2ccccc2nc(-c2cc3ccccc3o2)n1N=Cc1cc(I)c(OCc2ccccc2)c(I)c1. The monoisotopic (exact) mass is 723 g/mol. The van der Waals surface area contributed by atoms with Crippen molar-refractivity contribution in [1.82, 2.24) is 9.66 Å². The van der Waals surface area contributed by atoms with Gasteiger partial charge in [-0.05, 0) is 92.7 Å².